The summed E-state index contributed by atoms with van der Waals surface area (Å²) in [7, 11) is 1.55. The highest BCUT2D eigenvalue weighted by molar-refractivity contribution is 6.32. The zero-order valence-electron chi connectivity index (χ0n) is 10.4. The summed E-state index contributed by atoms with van der Waals surface area (Å²) in [6.45, 7) is 2.57. The molecule has 1 aromatic heterocycles. The molecule has 0 bridgehead atoms. The van der Waals surface area contributed by atoms with E-state index in [2.05, 4.69) is 10.3 Å². The van der Waals surface area contributed by atoms with Crippen molar-refractivity contribution >= 4 is 23.4 Å². The van der Waals surface area contributed by atoms with Gasteiger partial charge in [0, 0.05) is 19.8 Å². The minimum absolute atomic E-state index is 0.00402. The van der Waals surface area contributed by atoms with Gasteiger partial charge in [0.2, 0.25) is 5.91 Å². The molecule has 0 aliphatic rings. The highest BCUT2D eigenvalue weighted by atomic mass is 35.5. The Morgan fingerprint density at radius 1 is 1.50 bits per heavy atom. The van der Waals surface area contributed by atoms with Gasteiger partial charge in [-0.15, -0.1) is 0 Å². The van der Waals surface area contributed by atoms with E-state index in [1.165, 1.54) is 11.1 Å². The number of amides is 2. The second-order valence-corrected chi connectivity index (χ2v) is 4.21. The Labute approximate surface area is 111 Å². The normalized spacial score (nSPS) is 9.94. The van der Waals surface area contributed by atoms with Gasteiger partial charge in [0.05, 0.1) is 12.1 Å². The van der Waals surface area contributed by atoms with Crippen LogP contribution in [0.15, 0.2) is 18.3 Å². The lowest BCUT2D eigenvalue weighted by Crippen LogP contribution is -2.38. The first-order valence-corrected chi connectivity index (χ1v) is 6.06. The van der Waals surface area contributed by atoms with Crippen LogP contribution in [-0.2, 0) is 4.79 Å². The number of nitrogens with one attached hydrogen (secondary N) is 1. The third kappa shape index (κ3) is 4.00. The number of aromatic nitrogens is 1. The van der Waals surface area contributed by atoms with E-state index in [1.807, 2.05) is 6.92 Å². The lowest BCUT2D eigenvalue weighted by atomic mass is 10.2. The number of carbonyl (C=O) groups is 2. The highest BCUT2D eigenvalue weighted by Gasteiger charge is 2.17. The monoisotopic (exact) mass is 269 g/mol. The maximum absolute atomic E-state index is 12.0. The Bertz CT molecular complexity index is 437. The fourth-order valence-electron chi connectivity index (χ4n) is 1.36. The Kier molecular flexibility index (Phi) is 5.58. The molecule has 98 valence electrons. The fraction of sp³-hybridized carbons (Fsp3) is 0.417. The first-order chi connectivity index (χ1) is 8.56. The molecule has 0 fully saturated rings. The van der Waals surface area contributed by atoms with E-state index < -0.39 is 0 Å². The van der Waals surface area contributed by atoms with Gasteiger partial charge in [-0.1, -0.05) is 18.5 Å². The molecule has 0 aromatic carbocycles. The van der Waals surface area contributed by atoms with E-state index >= 15 is 0 Å². The van der Waals surface area contributed by atoms with Crippen molar-refractivity contribution in [2.45, 2.75) is 13.3 Å². The van der Waals surface area contributed by atoms with Gasteiger partial charge in [-0.25, -0.2) is 4.98 Å². The van der Waals surface area contributed by atoms with Crippen molar-refractivity contribution in [1.82, 2.24) is 15.2 Å². The van der Waals surface area contributed by atoms with Crippen molar-refractivity contribution in [3.8, 4) is 0 Å². The summed E-state index contributed by atoms with van der Waals surface area (Å²) in [4.78, 5) is 28.6. The van der Waals surface area contributed by atoms with Crippen molar-refractivity contribution in [1.29, 1.82) is 0 Å². The smallest absolute Gasteiger partial charge is 0.257 e. The topological polar surface area (TPSA) is 62.3 Å². The lowest BCUT2D eigenvalue weighted by Gasteiger charge is -2.17. The van der Waals surface area contributed by atoms with Gasteiger partial charge in [0.15, 0.2) is 0 Å². The molecule has 5 nitrogen and oxygen atoms in total. The summed E-state index contributed by atoms with van der Waals surface area (Å²) in [5, 5.41) is 2.84. The minimum atomic E-state index is -0.320. The van der Waals surface area contributed by atoms with Crippen molar-refractivity contribution in [3.63, 3.8) is 0 Å². The predicted molar refractivity (Wildman–Crippen MR) is 69.5 cm³/mol. The van der Waals surface area contributed by atoms with Crippen molar-refractivity contribution in [2.24, 2.45) is 0 Å². The number of likely N-dealkylation sites (N-methyl/N-ethyl adjacent to an activating group) is 1. The van der Waals surface area contributed by atoms with Crippen LogP contribution in [0.25, 0.3) is 0 Å². The van der Waals surface area contributed by atoms with Gasteiger partial charge in [-0.2, -0.15) is 0 Å². The molecule has 6 heteroatoms. The number of rotatable bonds is 5. The second-order valence-electron chi connectivity index (χ2n) is 3.85. The summed E-state index contributed by atoms with van der Waals surface area (Å²) in [6, 6.07) is 3.21. The number of pyridine rings is 1. The fourth-order valence-corrected chi connectivity index (χ4v) is 1.56. The molecule has 0 radical (unpaired) electrons. The maximum atomic E-state index is 12.0. The van der Waals surface area contributed by atoms with Crippen LogP contribution in [0.5, 0.6) is 0 Å². The highest BCUT2D eigenvalue weighted by Crippen LogP contribution is 2.13. The molecular formula is C12H16ClN3O2. The Morgan fingerprint density at radius 3 is 2.83 bits per heavy atom. The third-order valence-electron chi connectivity index (χ3n) is 2.29. The van der Waals surface area contributed by atoms with Crippen molar-refractivity contribution < 1.29 is 9.59 Å². The molecule has 18 heavy (non-hydrogen) atoms. The van der Waals surface area contributed by atoms with Crippen LogP contribution in [0, 0.1) is 0 Å². The Morgan fingerprint density at radius 2 is 2.22 bits per heavy atom. The van der Waals surface area contributed by atoms with Crippen LogP contribution in [0.4, 0.5) is 0 Å². The first kappa shape index (κ1) is 14.4. The molecule has 0 saturated carbocycles. The van der Waals surface area contributed by atoms with Crippen LogP contribution in [0.1, 0.15) is 23.7 Å². The number of nitrogens with zero attached hydrogens (tertiary/aromatic N) is 2. The van der Waals surface area contributed by atoms with Gasteiger partial charge in [0.25, 0.3) is 5.91 Å². The minimum Gasteiger partial charge on any atom is -0.355 e. The van der Waals surface area contributed by atoms with Gasteiger partial charge in [0.1, 0.15) is 5.15 Å². The third-order valence-corrected chi connectivity index (χ3v) is 2.59. The number of hydrogen-bond acceptors (Lipinski definition) is 3. The van der Waals surface area contributed by atoms with Crippen LogP contribution in [0.2, 0.25) is 5.15 Å². The van der Waals surface area contributed by atoms with E-state index in [0.717, 1.165) is 6.42 Å². The molecule has 0 aliphatic carbocycles. The largest absolute Gasteiger partial charge is 0.355 e. The van der Waals surface area contributed by atoms with E-state index in [1.54, 1.807) is 19.2 Å². The standard InChI is InChI=1S/C12H16ClN3O2/c1-3-6-14-10(17)8-16(2)12(18)9-5-4-7-15-11(9)13/h4-5,7H,3,6,8H2,1-2H3,(H,14,17). The Hall–Kier alpha value is -1.62. The number of halogens is 1. The second kappa shape index (κ2) is 6.96. The molecular weight excluding hydrogens is 254 g/mol. The predicted octanol–water partition coefficient (Wildman–Crippen LogP) is 1.33. The summed E-state index contributed by atoms with van der Waals surface area (Å²) in [5.74, 6) is -0.507. The zero-order chi connectivity index (χ0) is 13.5. The molecule has 2 amide bonds. The Balaban J connectivity index is 2.62. The van der Waals surface area contributed by atoms with Crippen LogP contribution >= 0.6 is 11.6 Å². The molecule has 0 saturated heterocycles. The van der Waals surface area contributed by atoms with E-state index in [0.29, 0.717) is 12.1 Å². The van der Waals surface area contributed by atoms with Crippen molar-refractivity contribution in [3.05, 3.63) is 29.0 Å². The SMILES string of the molecule is CCCNC(=O)CN(C)C(=O)c1cccnc1Cl. The van der Waals surface area contributed by atoms with Crippen LogP contribution in [0.3, 0.4) is 0 Å². The van der Waals surface area contributed by atoms with E-state index in [4.69, 9.17) is 11.6 Å². The summed E-state index contributed by atoms with van der Waals surface area (Å²) < 4.78 is 0. The molecule has 0 spiro atoms. The summed E-state index contributed by atoms with van der Waals surface area (Å²) in [6.07, 6.45) is 2.37. The van der Waals surface area contributed by atoms with Crippen LogP contribution < -0.4 is 5.32 Å². The maximum Gasteiger partial charge on any atom is 0.257 e. The summed E-state index contributed by atoms with van der Waals surface area (Å²) >= 11 is 5.82. The average Bonchev–Trinajstić information content (AvgIpc) is 2.36. The number of carbonyl (C=O) groups excluding carboxylic acids is 2. The summed E-state index contributed by atoms with van der Waals surface area (Å²) in [5.41, 5.74) is 0.296. The van der Waals surface area contributed by atoms with Gasteiger partial charge in [-0.3, -0.25) is 9.59 Å². The average molecular weight is 270 g/mol. The van der Waals surface area contributed by atoms with Gasteiger partial charge < -0.3 is 10.2 Å². The molecule has 1 heterocycles. The lowest BCUT2D eigenvalue weighted by molar-refractivity contribution is -0.121. The quantitative estimate of drug-likeness (QED) is 0.821. The molecule has 0 unspecified atom stereocenters. The van der Waals surface area contributed by atoms with E-state index in [9.17, 15) is 9.59 Å². The molecule has 1 aromatic rings. The van der Waals surface area contributed by atoms with Gasteiger partial charge in [-0.05, 0) is 18.6 Å². The first-order valence-electron chi connectivity index (χ1n) is 5.69. The molecule has 0 atom stereocenters. The van der Waals surface area contributed by atoms with Crippen molar-refractivity contribution in [2.75, 3.05) is 20.1 Å². The zero-order valence-corrected chi connectivity index (χ0v) is 11.2. The molecule has 1 N–H and O–H groups in total. The molecule has 0 aliphatic heterocycles. The number of hydrogen-bond donors (Lipinski definition) is 1. The van der Waals surface area contributed by atoms with Crippen LogP contribution in [-0.4, -0.2) is 41.8 Å². The van der Waals surface area contributed by atoms with E-state index in [-0.39, 0.29) is 23.5 Å². The molecule has 1 rings (SSSR count). The van der Waals surface area contributed by atoms with Gasteiger partial charge >= 0.3 is 0 Å².